The van der Waals surface area contributed by atoms with Crippen molar-refractivity contribution in [2.24, 2.45) is 11.8 Å². The van der Waals surface area contributed by atoms with Gasteiger partial charge in [0.15, 0.2) is 6.29 Å². The highest BCUT2D eigenvalue weighted by molar-refractivity contribution is 5.16. The molecular formula is C17H26O3. The maximum absolute atomic E-state index is 10.4. The molecule has 0 spiro atoms. The van der Waals surface area contributed by atoms with Crippen LogP contribution in [0.25, 0.3) is 0 Å². The van der Waals surface area contributed by atoms with Crippen LogP contribution in [-0.4, -0.2) is 28.7 Å². The normalized spacial score (nSPS) is 30.1. The molecule has 20 heavy (non-hydrogen) atoms. The van der Waals surface area contributed by atoms with Crippen LogP contribution in [0, 0.1) is 11.8 Å². The second-order valence-electron chi connectivity index (χ2n) is 5.83. The Balaban J connectivity index is 1.97. The molecule has 4 atom stereocenters. The summed E-state index contributed by atoms with van der Waals surface area (Å²) in [5.41, 5.74) is 1.13. The van der Waals surface area contributed by atoms with Crippen LogP contribution in [0.4, 0.5) is 0 Å². The molecule has 2 N–H and O–H groups in total. The first-order chi connectivity index (χ1) is 9.65. The average Bonchev–Trinajstić information content (AvgIpc) is 2.72. The molecule has 1 heterocycles. The molecule has 0 aromatic heterocycles. The first-order valence-electron chi connectivity index (χ1n) is 7.71. The van der Waals surface area contributed by atoms with Crippen LogP contribution in [0.2, 0.25) is 0 Å². The van der Waals surface area contributed by atoms with Crippen LogP contribution in [0.15, 0.2) is 30.3 Å². The van der Waals surface area contributed by atoms with Gasteiger partial charge in [0.2, 0.25) is 0 Å². The molecule has 3 nitrogen and oxygen atoms in total. The van der Waals surface area contributed by atoms with E-state index in [0.29, 0.717) is 12.3 Å². The molecule has 1 aromatic carbocycles. The minimum Gasteiger partial charge on any atom is -0.390 e. The standard InChI is InChI=1S/C17H26O3/c1-3-12(4-2)10-14-16(18)15(20-17(14)19)11-13-8-6-5-7-9-13/h5-9,12,14-19H,3-4,10-11H2,1-2H3. The van der Waals surface area contributed by atoms with E-state index in [0.717, 1.165) is 24.8 Å². The van der Waals surface area contributed by atoms with E-state index >= 15 is 0 Å². The van der Waals surface area contributed by atoms with E-state index in [4.69, 9.17) is 4.74 Å². The molecule has 0 saturated carbocycles. The smallest absolute Gasteiger partial charge is 0.160 e. The zero-order chi connectivity index (χ0) is 14.5. The monoisotopic (exact) mass is 278 g/mol. The van der Waals surface area contributed by atoms with Crippen molar-refractivity contribution in [2.45, 2.75) is 58.0 Å². The Hall–Kier alpha value is -0.900. The zero-order valence-corrected chi connectivity index (χ0v) is 12.4. The molecule has 2 rings (SSSR count). The van der Waals surface area contributed by atoms with Gasteiger partial charge >= 0.3 is 0 Å². The van der Waals surface area contributed by atoms with E-state index in [-0.39, 0.29) is 12.0 Å². The summed E-state index contributed by atoms with van der Waals surface area (Å²) >= 11 is 0. The van der Waals surface area contributed by atoms with E-state index in [1.54, 1.807) is 0 Å². The van der Waals surface area contributed by atoms with Crippen LogP contribution in [0.3, 0.4) is 0 Å². The zero-order valence-electron chi connectivity index (χ0n) is 12.4. The van der Waals surface area contributed by atoms with Gasteiger partial charge in [0, 0.05) is 12.3 Å². The summed E-state index contributed by atoms with van der Waals surface area (Å²) in [6.07, 6.45) is 1.93. The van der Waals surface area contributed by atoms with Gasteiger partial charge in [-0.05, 0) is 17.9 Å². The van der Waals surface area contributed by atoms with Gasteiger partial charge in [-0.15, -0.1) is 0 Å². The maximum atomic E-state index is 10.4. The van der Waals surface area contributed by atoms with Crippen LogP contribution in [0.1, 0.15) is 38.7 Å². The third-order valence-electron chi connectivity index (χ3n) is 4.54. The number of rotatable bonds is 6. The second kappa shape index (κ2) is 7.21. The molecule has 0 bridgehead atoms. The number of aliphatic hydroxyl groups excluding tert-OH is 2. The second-order valence-corrected chi connectivity index (χ2v) is 5.83. The Morgan fingerprint density at radius 1 is 1.10 bits per heavy atom. The molecule has 1 aromatic rings. The van der Waals surface area contributed by atoms with Gasteiger partial charge in [0.25, 0.3) is 0 Å². The van der Waals surface area contributed by atoms with Gasteiger partial charge < -0.3 is 14.9 Å². The molecule has 1 aliphatic rings. The molecule has 0 aliphatic carbocycles. The van der Waals surface area contributed by atoms with Crippen LogP contribution in [-0.2, 0) is 11.2 Å². The lowest BCUT2D eigenvalue weighted by molar-refractivity contribution is -0.110. The predicted molar refractivity (Wildman–Crippen MR) is 79.2 cm³/mol. The molecule has 1 aliphatic heterocycles. The third-order valence-corrected chi connectivity index (χ3v) is 4.54. The quantitative estimate of drug-likeness (QED) is 0.841. The number of hydrogen-bond acceptors (Lipinski definition) is 3. The van der Waals surface area contributed by atoms with Gasteiger partial charge in [-0.1, -0.05) is 57.0 Å². The van der Waals surface area contributed by atoms with E-state index in [1.165, 1.54) is 0 Å². The Morgan fingerprint density at radius 3 is 2.35 bits per heavy atom. The molecule has 0 radical (unpaired) electrons. The van der Waals surface area contributed by atoms with Crippen molar-refractivity contribution < 1.29 is 14.9 Å². The molecule has 4 unspecified atom stereocenters. The first-order valence-corrected chi connectivity index (χ1v) is 7.71. The van der Waals surface area contributed by atoms with Crippen molar-refractivity contribution in [1.29, 1.82) is 0 Å². The van der Waals surface area contributed by atoms with Crippen LogP contribution >= 0.6 is 0 Å². The van der Waals surface area contributed by atoms with Gasteiger partial charge in [-0.3, -0.25) is 0 Å². The lowest BCUT2D eigenvalue weighted by Crippen LogP contribution is -2.30. The van der Waals surface area contributed by atoms with Crippen molar-refractivity contribution >= 4 is 0 Å². The van der Waals surface area contributed by atoms with Crippen molar-refractivity contribution in [1.82, 2.24) is 0 Å². The van der Waals surface area contributed by atoms with Gasteiger partial charge in [-0.25, -0.2) is 0 Å². The summed E-state index contributed by atoms with van der Waals surface area (Å²) in [6.45, 7) is 4.31. The minimum absolute atomic E-state index is 0.159. The first kappa shape index (κ1) is 15.5. The summed E-state index contributed by atoms with van der Waals surface area (Å²) in [6, 6.07) is 9.98. The fraction of sp³-hybridized carbons (Fsp3) is 0.647. The lowest BCUT2D eigenvalue weighted by atomic mass is 9.86. The molecule has 112 valence electrons. The summed E-state index contributed by atoms with van der Waals surface area (Å²) in [5, 5.41) is 20.5. The Bertz CT molecular complexity index is 388. The van der Waals surface area contributed by atoms with E-state index in [9.17, 15) is 10.2 Å². The van der Waals surface area contributed by atoms with Gasteiger partial charge in [0.05, 0.1) is 12.2 Å². The summed E-state index contributed by atoms with van der Waals surface area (Å²) in [4.78, 5) is 0. The highest BCUT2D eigenvalue weighted by Crippen LogP contribution is 2.34. The average molecular weight is 278 g/mol. The number of aliphatic hydroxyl groups is 2. The van der Waals surface area contributed by atoms with Crippen LogP contribution in [0.5, 0.6) is 0 Å². The number of hydrogen-bond donors (Lipinski definition) is 2. The Labute approximate surface area is 121 Å². The molecule has 1 saturated heterocycles. The number of benzene rings is 1. The number of ether oxygens (including phenoxy) is 1. The Morgan fingerprint density at radius 2 is 1.75 bits per heavy atom. The summed E-state index contributed by atoms with van der Waals surface area (Å²) < 4.78 is 5.59. The molecule has 3 heteroatoms. The van der Waals surface area contributed by atoms with Crippen molar-refractivity contribution in [3.63, 3.8) is 0 Å². The SMILES string of the molecule is CCC(CC)CC1C(O)OC(Cc2ccccc2)C1O. The van der Waals surface area contributed by atoms with Crippen molar-refractivity contribution in [3.8, 4) is 0 Å². The van der Waals surface area contributed by atoms with Gasteiger partial charge in [0.1, 0.15) is 0 Å². The predicted octanol–water partition coefficient (Wildman–Crippen LogP) is 2.75. The largest absolute Gasteiger partial charge is 0.390 e. The fourth-order valence-electron chi connectivity index (χ4n) is 3.08. The third kappa shape index (κ3) is 3.60. The van der Waals surface area contributed by atoms with Crippen molar-refractivity contribution in [3.05, 3.63) is 35.9 Å². The summed E-state index contributed by atoms with van der Waals surface area (Å²) in [7, 11) is 0. The Kier molecular flexibility index (Phi) is 5.58. The van der Waals surface area contributed by atoms with Gasteiger partial charge in [-0.2, -0.15) is 0 Å². The highest BCUT2D eigenvalue weighted by atomic mass is 16.6. The van der Waals surface area contributed by atoms with E-state index in [1.807, 2.05) is 30.3 Å². The van der Waals surface area contributed by atoms with E-state index in [2.05, 4.69) is 13.8 Å². The van der Waals surface area contributed by atoms with Crippen molar-refractivity contribution in [2.75, 3.05) is 0 Å². The maximum Gasteiger partial charge on any atom is 0.160 e. The fourth-order valence-corrected chi connectivity index (χ4v) is 3.08. The summed E-state index contributed by atoms with van der Waals surface area (Å²) in [5.74, 6) is 0.386. The molecular weight excluding hydrogens is 252 g/mol. The molecule has 1 fully saturated rings. The molecule has 0 amide bonds. The lowest BCUT2D eigenvalue weighted by Gasteiger charge is -2.22. The highest BCUT2D eigenvalue weighted by Gasteiger charge is 2.42. The van der Waals surface area contributed by atoms with Crippen LogP contribution < -0.4 is 0 Å². The minimum atomic E-state index is -0.834. The topological polar surface area (TPSA) is 49.7 Å². The van der Waals surface area contributed by atoms with E-state index < -0.39 is 12.4 Å².